The van der Waals surface area contributed by atoms with Crippen molar-refractivity contribution in [1.29, 1.82) is 0 Å². The molecule has 29 heavy (non-hydrogen) atoms. The number of hydrogen-bond acceptors (Lipinski definition) is 6. The number of aromatic nitrogens is 1. The first-order valence-electron chi connectivity index (χ1n) is 9.56. The number of aliphatic hydroxyl groups excluding tert-OH is 1. The van der Waals surface area contributed by atoms with E-state index in [2.05, 4.69) is 10.3 Å². The molecule has 0 radical (unpaired) electrons. The van der Waals surface area contributed by atoms with Gasteiger partial charge in [-0.25, -0.2) is 9.78 Å². The van der Waals surface area contributed by atoms with Crippen LogP contribution in [0.25, 0.3) is 0 Å². The molecule has 1 fully saturated rings. The molecular formula is C20H29N3O6. The Kier molecular flexibility index (Phi) is 7.18. The molecule has 0 spiro atoms. The van der Waals surface area contributed by atoms with Gasteiger partial charge >= 0.3 is 12.1 Å². The predicted octanol–water partition coefficient (Wildman–Crippen LogP) is 2.28. The zero-order valence-electron chi connectivity index (χ0n) is 17.2. The molecule has 2 atom stereocenters. The zero-order valence-corrected chi connectivity index (χ0v) is 17.2. The van der Waals surface area contributed by atoms with E-state index in [-0.39, 0.29) is 30.7 Å². The molecule has 1 aliphatic heterocycles. The van der Waals surface area contributed by atoms with Crippen molar-refractivity contribution in [2.45, 2.75) is 39.7 Å². The molecule has 0 aromatic carbocycles. The molecule has 1 aromatic heterocycles. The van der Waals surface area contributed by atoms with E-state index >= 15 is 0 Å². The number of ether oxygens (including phenoxy) is 1. The minimum absolute atomic E-state index is 0.191. The third-order valence-corrected chi connectivity index (χ3v) is 5.20. The molecule has 2 heterocycles. The topological polar surface area (TPSA) is 129 Å². The van der Waals surface area contributed by atoms with Crippen LogP contribution in [0.5, 0.6) is 0 Å². The van der Waals surface area contributed by atoms with Gasteiger partial charge < -0.3 is 25.2 Å². The summed E-state index contributed by atoms with van der Waals surface area (Å²) in [6.45, 7) is 5.83. The van der Waals surface area contributed by atoms with Crippen LogP contribution in [0.1, 0.15) is 45.3 Å². The molecule has 2 rings (SSSR count). The minimum Gasteiger partial charge on any atom is -0.469 e. The van der Waals surface area contributed by atoms with Crippen LogP contribution in [-0.2, 0) is 14.3 Å². The molecule has 1 saturated heterocycles. The summed E-state index contributed by atoms with van der Waals surface area (Å²) in [6, 6.07) is 3.23. The quantitative estimate of drug-likeness (QED) is 0.639. The number of carboxylic acid groups (broad SMARTS) is 1. The lowest BCUT2D eigenvalue weighted by Gasteiger charge is -2.35. The van der Waals surface area contributed by atoms with Gasteiger partial charge in [-0.3, -0.25) is 9.59 Å². The lowest BCUT2D eigenvalue weighted by atomic mass is 9.79. The second-order valence-electron chi connectivity index (χ2n) is 8.25. The van der Waals surface area contributed by atoms with Crippen molar-refractivity contribution in [2.75, 3.05) is 25.5 Å². The van der Waals surface area contributed by atoms with Crippen molar-refractivity contribution in [3.05, 3.63) is 23.9 Å². The van der Waals surface area contributed by atoms with E-state index in [1.54, 1.807) is 32.9 Å². The Balaban J connectivity index is 2.29. The van der Waals surface area contributed by atoms with Gasteiger partial charge in [0.2, 0.25) is 5.91 Å². The van der Waals surface area contributed by atoms with Gasteiger partial charge in [-0.2, -0.15) is 0 Å². The standard InChI is InChI=1S/C20H29N3O6/c1-20(2,3)18(26)22-16-13(6-5-9-21-16)15(24)14(17(25)29-4)12-7-10-23(11-8-12)19(27)28/h5-6,9,12,14-15,24H,7-8,10-11H2,1-4H3,(H,27,28)(H,21,22,26). The van der Waals surface area contributed by atoms with Crippen molar-refractivity contribution in [3.63, 3.8) is 0 Å². The van der Waals surface area contributed by atoms with Gasteiger partial charge in [-0.05, 0) is 24.8 Å². The van der Waals surface area contributed by atoms with Crippen LogP contribution < -0.4 is 5.32 Å². The Morgan fingerprint density at radius 3 is 2.41 bits per heavy atom. The average molecular weight is 407 g/mol. The first-order valence-corrected chi connectivity index (χ1v) is 9.56. The normalized spacial score (nSPS) is 17.3. The fourth-order valence-corrected chi connectivity index (χ4v) is 3.41. The molecule has 2 amide bonds. The van der Waals surface area contributed by atoms with Crippen molar-refractivity contribution < 1.29 is 29.3 Å². The molecular weight excluding hydrogens is 378 g/mol. The van der Waals surface area contributed by atoms with Gasteiger partial charge in [0.05, 0.1) is 19.1 Å². The third-order valence-electron chi connectivity index (χ3n) is 5.20. The number of methoxy groups -OCH3 is 1. The largest absolute Gasteiger partial charge is 0.469 e. The molecule has 9 nitrogen and oxygen atoms in total. The first-order chi connectivity index (χ1) is 13.6. The highest BCUT2D eigenvalue weighted by Crippen LogP contribution is 2.37. The van der Waals surface area contributed by atoms with Gasteiger partial charge in [-0.15, -0.1) is 0 Å². The summed E-state index contributed by atoms with van der Waals surface area (Å²) in [5.41, 5.74) is -0.341. The lowest BCUT2D eigenvalue weighted by Crippen LogP contribution is -2.42. The fourth-order valence-electron chi connectivity index (χ4n) is 3.41. The summed E-state index contributed by atoms with van der Waals surface area (Å²) in [6.07, 6.45) is 0.0819. The number of anilines is 1. The van der Waals surface area contributed by atoms with Crippen molar-refractivity contribution in [3.8, 4) is 0 Å². The van der Waals surface area contributed by atoms with Gasteiger partial charge in [0.15, 0.2) is 0 Å². The zero-order chi connectivity index (χ0) is 21.8. The smallest absolute Gasteiger partial charge is 0.407 e. The van der Waals surface area contributed by atoms with E-state index in [1.165, 1.54) is 18.2 Å². The summed E-state index contributed by atoms with van der Waals surface area (Å²) in [5.74, 6) is -1.82. The summed E-state index contributed by atoms with van der Waals surface area (Å²) < 4.78 is 4.92. The fraction of sp³-hybridized carbons (Fsp3) is 0.600. The number of nitrogens with one attached hydrogen (secondary N) is 1. The Morgan fingerprint density at radius 2 is 1.90 bits per heavy atom. The van der Waals surface area contributed by atoms with Crippen LogP contribution in [0.4, 0.5) is 10.6 Å². The third kappa shape index (κ3) is 5.44. The predicted molar refractivity (Wildman–Crippen MR) is 105 cm³/mol. The maximum absolute atomic E-state index is 12.5. The molecule has 1 aliphatic rings. The van der Waals surface area contributed by atoms with E-state index in [4.69, 9.17) is 9.84 Å². The van der Waals surface area contributed by atoms with Crippen molar-refractivity contribution in [1.82, 2.24) is 9.88 Å². The number of aliphatic hydroxyl groups is 1. The number of rotatable bonds is 5. The number of esters is 1. The van der Waals surface area contributed by atoms with E-state index in [0.29, 0.717) is 18.4 Å². The number of piperidine rings is 1. The van der Waals surface area contributed by atoms with E-state index < -0.39 is 29.5 Å². The number of hydrogen-bond donors (Lipinski definition) is 3. The number of pyridine rings is 1. The number of carbonyl (C=O) groups is 3. The van der Waals surface area contributed by atoms with Crippen LogP contribution >= 0.6 is 0 Å². The van der Waals surface area contributed by atoms with Gasteiger partial charge in [0, 0.05) is 30.3 Å². The Hall–Kier alpha value is -2.68. The SMILES string of the molecule is COC(=O)C(C1CCN(C(=O)O)CC1)C(O)c1cccnc1NC(=O)C(C)(C)C. The Bertz CT molecular complexity index is 753. The molecule has 0 aliphatic carbocycles. The van der Waals surface area contributed by atoms with Crippen LogP contribution in [0.2, 0.25) is 0 Å². The van der Waals surface area contributed by atoms with Crippen LogP contribution in [-0.4, -0.2) is 58.3 Å². The van der Waals surface area contributed by atoms with Gasteiger partial charge in [0.25, 0.3) is 0 Å². The summed E-state index contributed by atoms with van der Waals surface area (Å²) in [4.78, 5) is 41.5. The molecule has 2 unspecified atom stereocenters. The number of carbonyl (C=O) groups excluding carboxylic acids is 2. The highest BCUT2D eigenvalue weighted by Gasteiger charge is 2.40. The molecule has 0 saturated carbocycles. The maximum atomic E-state index is 12.5. The van der Waals surface area contributed by atoms with Gasteiger partial charge in [0.1, 0.15) is 5.82 Å². The second-order valence-corrected chi connectivity index (χ2v) is 8.25. The van der Waals surface area contributed by atoms with Crippen molar-refractivity contribution in [2.24, 2.45) is 17.3 Å². The lowest BCUT2D eigenvalue weighted by molar-refractivity contribution is -0.153. The van der Waals surface area contributed by atoms with Crippen LogP contribution in [0, 0.1) is 17.3 Å². The van der Waals surface area contributed by atoms with E-state index in [9.17, 15) is 19.5 Å². The monoisotopic (exact) mass is 407 g/mol. The Labute approximate surface area is 170 Å². The summed E-state index contributed by atoms with van der Waals surface area (Å²) in [5, 5.41) is 22.9. The van der Waals surface area contributed by atoms with Crippen LogP contribution in [0.15, 0.2) is 18.3 Å². The molecule has 1 aromatic rings. The first kappa shape index (κ1) is 22.6. The van der Waals surface area contributed by atoms with Crippen molar-refractivity contribution >= 4 is 23.8 Å². The summed E-state index contributed by atoms with van der Waals surface area (Å²) >= 11 is 0. The molecule has 3 N–H and O–H groups in total. The minimum atomic E-state index is -1.26. The highest BCUT2D eigenvalue weighted by atomic mass is 16.5. The number of nitrogens with zero attached hydrogens (tertiary/aromatic N) is 2. The van der Waals surface area contributed by atoms with Crippen LogP contribution in [0.3, 0.4) is 0 Å². The molecule has 9 heteroatoms. The van der Waals surface area contributed by atoms with Gasteiger partial charge in [-0.1, -0.05) is 26.8 Å². The second kappa shape index (κ2) is 9.21. The average Bonchev–Trinajstić information content (AvgIpc) is 2.68. The van der Waals surface area contributed by atoms with E-state index in [0.717, 1.165) is 0 Å². The highest BCUT2D eigenvalue weighted by molar-refractivity contribution is 5.94. The summed E-state index contributed by atoms with van der Waals surface area (Å²) in [7, 11) is 1.25. The Morgan fingerprint density at radius 1 is 1.28 bits per heavy atom. The number of amides is 2. The maximum Gasteiger partial charge on any atom is 0.407 e. The van der Waals surface area contributed by atoms with E-state index in [1.807, 2.05) is 0 Å². The molecule has 160 valence electrons. The number of likely N-dealkylation sites (tertiary alicyclic amines) is 1. The molecule has 0 bridgehead atoms.